The molecule has 0 aromatic carbocycles. The van der Waals surface area contributed by atoms with E-state index < -0.39 is 0 Å². The van der Waals surface area contributed by atoms with Gasteiger partial charge in [0, 0.05) is 37.8 Å². The van der Waals surface area contributed by atoms with Crippen LogP contribution in [0.3, 0.4) is 0 Å². The fourth-order valence-electron chi connectivity index (χ4n) is 2.75. The molecule has 0 radical (unpaired) electrons. The van der Waals surface area contributed by atoms with Gasteiger partial charge in [-0.05, 0) is 25.8 Å². The highest BCUT2D eigenvalue weighted by atomic mass is 15.3. The van der Waals surface area contributed by atoms with Gasteiger partial charge in [0.1, 0.15) is 0 Å². The number of rotatable bonds is 5. The molecule has 5 heteroatoms. The summed E-state index contributed by atoms with van der Waals surface area (Å²) in [6.07, 6.45) is 7.39. The van der Waals surface area contributed by atoms with Crippen LogP contribution in [0.2, 0.25) is 0 Å². The quantitative estimate of drug-likeness (QED) is 0.809. The van der Waals surface area contributed by atoms with E-state index in [0.29, 0.717) is 18.9 Å². The Hall–Kier alpha value is -1.85. The molecule has 0 bridgehead atoms. The summed E-state index contributed by atoms with van der Waals surface area (Å²) in [5.74, 6) is -0.0445. The van der Waals surface area contributed by atoms with E-state index in [9.17, 15) is 5.26 Å². The van der Waals surface area contributed by atoms with Crippen molar-refractivity contribution in [1.29, 1.82) is 10.5 Å². The first-order valence-corrected chi connectivity index (χ1v) is 6.73. The van der Waals surface area contributed by atoms with Gasteiger partial charge in [0.2, 0.25) is 0 Å². The molecule has 0 saturated carbocycles. The van der Waals surface area contributed by atoms with Gasteiger partial charge in [-0.25, -0.2) is 0 Å². The second-order valence-electron chi connectivity index (χ2n) is 5.12. The van der Waals surface area contributed by atoms with Crippen molar-refractivity contribution in [3.05, 3.63) is 18.0 Å². The SMILES string of the molecule is Cn1cc([C@H]2CCCN2C[C@H](C#N)CCC#N)cn1. The van der Waals surface area contributed by atoms with Gasteiger partial charge >= 0.3 is 0 Å². The van der Waals surface area contributed by atoms with Crippen molar-refractivity contribution < 1.29 is 0 Å². The van der Waals surface area contributed by atoms with Gasteiger partial charge < -0.3 is 0 Å². The summed E-state index contributed by atoms with van der Waals surface area (Å²) in [6.45, 7) is 1.79. The molecule has 1 aromatic heterocycles. The van der Waals surface area contributed by atoms with E-state index in [2.05, 4.69) is 28.3 Å². The van der Waals surface area contributed by atoms with Gasteiger partial charge in [-0.2, -0.15) is 15.6 Å². The summed E-state index contributed by atoms with van der Waals surface area (Å²) in [5, 5.41) is 22.0. The van der Waals surface area contributed by atoms with Crippen molar-refractivity contribution in [3.63, 3.8) is 0 Å². The van der Waals surface area contributed by atoms with Gasteiger partial charge in [-0.1, -0.05) is 0 Å². The molecule has 0 N–H and O–H groups in total. The van der Waals surface area contributed by atoms with Crippen molar-refractivity contribution in [2.45, 2.75) is 31.7 Å². The van der Waals surface area contributed by atoms with E-state index in [1.54, 1.807) is 0 Å². The molecule has 5 nitrogen and oxygen atoms in total. The highest BCUT2D eigenvalue weighted by Gasteiger charge is 2.28. The van der Waals surface area contributed by atoms with Crippen molar-refractivity contribution in [3.8, 4) is 12.1 Å². The zero-order chi connectivity index (χ0) is 13.7. The van der Waals surface area contributed by atoms with Crippen LogP contribution >= 0.6 is 0 Å². The molecule has 2 rings (SSSR count). The van der Waals surface area contributed by atoms with E-state index in [0.717, 1.165) is 25.9 Å². The molecule has 0 unspecified atom stereocenters. The van der Waals surface area contributed by atoms with Crippen LogP contribution in [0, 0.1) is 28.6 Å². The van der Waals surface area contributed by atoms with Gasteiger partial charge in [0.25, 0.3) is 0 Å². The molecule has 2 atom stereocenters. The number of aryl methyl sites for hydroxylation is 1. The predicted molar refractivity (Wildman–Crippen MR) is 70.7 cm³/mol. The molecule has 0 amide bonds. The lowest BCUT2D eigenvalue weighted by molar-refractivity contribution is 0.230. The monoisotopic (exact) mass is 257 g/mol. The minimum absolute atomic E-state index is 0.0445. The summed E-state index contributed by atoms with van der Waals surface area (Å²) >= 11 is 0. The van der Waals surface area contributed by atoms with Crippen molar-refractivity contribution in [2.75, 3.05) is 13.1 Å². The Bertz CT molecular complexity index is 493. The van der Waals surface area contributed by atoms with Gasteiger partial charge in [0.15, 0.2) is 0 Å². The van der Waals surface area contributed by atoms with E-state index in [1.165, 1.54) is 5.56 Å². The standard InChI is InChI=1S/C14H19N5/c1-18-11-13(9-17-18)14-5-3-7-19(14)10-12(8-16)4-2-6-15/h9,11-12,14H,2-5,7,10H2,1H3/t12-,14+/m0/s1. The van der Waals surface area contributed by atoms with Crippen LogP contribution in [0.5, 0.6) is 0 Å². The van der Waals surface area contributed by atoms with E-state index in [1.807, 2.05) is 17.9 Å². The second kappa shape index (κ2) is 6.36. The van der Waals surface area contributed by atoms with Gasteiger partial charge in [-0.15, -0.1) is 0 Å². The van der Waals surface area contributed by atoms with Gasteiger partial charge in [-0.3, -0.25) is 9.58 Å². The largest absolute Gasteiger partial charge is 0.295 e. The Balaban J connectivity index is 1.99. The number of nitrogens with zero attached hydrogens (tertiary/aromatic N) is 5. The van der Waals surface area contributed by atoms with Crippen LogP contribution in [-0.2, 0) is 7.05 Å². The van der Waals surface area contributed by atoms with E-state index in [4.69, 9.17) is 5.26 Å². The Morgan fingerprint density at radius 3 is 3.00 bits per heavy atom. The molecule has 1 fully saturated rings. The molecule has 0 spiro atoms. The zero-order valence-corrected chi connectivity index (χ0v) is 11.3. The summed E-state index contributed by atoms with van der Waals surface area (Å²) in [7, 11) is 1.92. The van der Waals surface area contributed by atoms with Crippen LogP contribution in [0.4, 0.5) is 0 Å². The average Bonchev–Trinajstić information content (AvgIpc) is 3.02. The van der Waals surface area contributed by atoms with Gasteiger partial charge in [0.05, 0.1) is 24.3 Å². The molecule has 100 valence electrons. The normalized spacial score (nSPS) is 20.9. The Labute approximate surface area is 114 Å². The Morgan fingerprint density at radius 2 is 2.37 bits per heavy atom. The molecule has 1 saturated heterocycles. The maximum Gasteiger partial charge on any atom is 0.0669 e. The molecule has 1 aliphatic heterocycles. The number of nitriles is 2. The maximum atomic E-state index is 9.17. The minimum Gasteiger partial charge on any atom is -0.295 e. The lowest BCUT2D eigenvalue weighted by atomic mass is 10.0. The summed E-state index contributed by atoms with van der Waals surface area (Å²) in [6, 6.07) is 4.83. The third-order valence-corrected chi connectivity index (χ3v) is 3.72. The molecular formula is C14H19N5. The first kappa shape index (κ1) is 13.6. The third-order valence-electron chi connectivity index (χ3n) is 3.72. The van der Waals surface area contributed by atoms with Crippen LogP contribution in [0.1, 0.15) is 37.3 Å². The summed E-state index contributed by atoms with van der Waals surface area (Å²) in [4.78, 5) is 2.36. The highest BCUT2D eigenvalue weighted by Crippen LogP contribution is 2.32. The maximum absolute atomic E-state index is 9.17. The lowest BCUT2D eigenvalue weighted by Gasteiger charge is -2.25. The smallest absolute Gasteiger partial charge is 0.0669 e. The van der Waals surface area contributed by atoms with Crippen molar-refractivity contribution in [2.24, 2.45) is 13.0 Å². The molecule has 0 aliphatic carbocycles. The number of hydrogen-bond donors (Lipinski definition) is 0. The Morgan fingerprint density at radius 1 is 1.53 bits per heavy atom. The van der Waals surface area contributed by atoms with Crippen LogP contribution < -0.4 is 0 Å². The fourth-order valence-corrected chi connectivity index (χ4v) is 2.75. The lowest BCUT2D eigenvalue weighted by Crippen LogP contribution is -2.28. The second-order valence-corrected chi connectivity index (χ2v) is 5.12. The number of likely N-dealkylation sites (tertiary alicyclic amines) is 1. The van der Waals surface area contributed by atoms with E-state index >= 15 is 0 Å². The predicted octanol–water partition coefficient (Wildman–Crippen LogP) is 2.00. The summed E-state index contributed by atoms with van der Waals surface area (Å²) < 4.78 is 1.82. The molecule has 1 aromatic rings. The van der Waals surface area contributed by atoms with Crippen LogP contribution in [0.25, 0.3) is 0 Å². The third kappa shape index (κ3) is 3.33. The molecule has 1 aliphatic rings. The van der Waals surface area contributed by atoms with Crippen LogP contribution in [0.15, 0.2) is 12.4 Å². The molecule has 2 heterocycles. The minimum atomic E-state index is -0.0445. The van der Waals surface area contributed by atoms with E-state index in [-0.39, 0.29) is 5.92 Å². The van der Waals surface area contributed by atoms with Crippen molar-refractivity contribution >= 4 is 0 Å². The average molecular weight is 257 g/mol. The Kier molecular flexibility index (Phi) is 4.54. The number of hydrogen-bond acceptors (Lipinski definition) is 4. The fraction of sp³-hybridized carbons (Fsp3) is 0.643. The summed E-state index contributed by atoms with van der Waals surface area (Å²) in [5.41, 5.74) is 1.23. The first-order chi connectivity index (χ1) is 9.24. The first-order valence-electron chi connectivity index (χ1n) is 6.73. The highest BCUT2D eigenvalue weighted by molar-refractivity contribution is 5.12. The molecular weight excluding hydrogens is 238 g/mol. The molecule has 19 heavy (non-hydrogen) atoms. The van der Waals surface area contributed by atoms with Crippen molar-refractivity contribution in [1.82, 2.24) is 14.7 Å². The van der Waals surface area contributed by atoms with Crippen LogP contribution in [-0.4, -0.2) is 27.8 Å². The topological polar surface area (TPSA) is 68.6 Å². The zero-order valence-electron chi connectivity index (χ0n) is 11.3. The number of aromatic nitrogens is 2.